The second-order valence-electron chi connectivity index (χ2n) is 3.76. The zero-order chi connectivity index (χ0) is 14.5. The number of rotatable bonds is 4. The molecule has 0 aromatic rings. The molecule has 18 heavy (non-hydrogen) atoms. The molecule has 1 aliphatic heterocycles. The van der Waals surface area contributed by atoms with Crippen LogP contribution in [0.3, 0.4) is 0 Å². The molecule has 9 heteroatoms. The number of unbranched alkanes of at least 4 members (excludes halogenated alkanes) is 1. The summed E-state index contributed by atoms with van der Waals surface area (Å²) in [5.41, 5.74) is 0. The molecule has 0 atom stereocenters. The summed E-state index contributed by atoms with van der Waals surface area (Å²) < 4.78 is 59.6. The summed E-state index contributed by atoms with van der Waals surface area (Å²) in [5, 5.41) is 0. The van der Waals surface area contributed by atoms with E-state index in [0.29, 0.717) is 0 Å². The van der Waals surface area contributed by atoms with Crippen LogP contribution in [0, 0.1) is 0 Å². The van der Waals surface area contributed by atoms with E-state index in [1.54, 1.807) is 0 Å². The van der Waals surface area contributed by atoms with Gasteiger partial charge >= 0.3 is 37.8 Å². The van der Waals surface area contributed by atoms with Gasteiger partial charge in [-0.3, -0.25) is 0 Å². The first-order chi connectivity index (χ1) is 7.81. The molecule has 0 aromatic heterocycles. The van der Waals surface area contributed by atoms with Gasteiger partial charge < -0.3 is 9.80 Å². The molecule has 1 rings (SSSR count). The van der Waals surface area contributed by atoms with Gasteiger partial charge in [-0.05, 0) is 12.6 Å². The largest absolute Gasteiger partial charge is 1.00 e. The zero-order valence-electron chi connectivity index (χ0n) is 10.9. The predicted octanol–water partition coefficient (Wildman–Crippen LogP) is 4.23. The first kappa shape index (κ1) is 17.5. The molecule has 0 bridgehead atoms. The summed E-state index contributed by atoms with van der Waals surface area (Å²) in [6.07, 6.45) is 8.57. The van der Waals surface area contributed by atoms with Gasteiger partial charge in [0, 0.05) is 18.9 Å². The van der Waals surface area contributed by atoms with Crippen molar-refractivity contribution in [2.24, 2.45) is 0 Å². The molecule has 0 saturated carbocycles. The van der Waals surface area contributed by atoms with Gasteiger partial charge in [-0.25, -0.2) is 0 Å². The Bertz CT molecular complexity index is 303. The maximum atomic E-state index is 9.93. The van der Waals surface area contributed by atoms with E-state index in [1.807, 2.05) is 6.20 Å². The SMILES string of the molecule is C=CN1C=CN(CCCC)C1.[F][Sb-]([F])([F])([F])([F])[F].[H+]. The van der Waals surface area contributed by atoms with E-state index in [-0.39, 0.29) is 1.43 Å². The molecule has 1 heterocycles. The Hall–Kier alpha value is -0.522. The van der Waals surface area contributed by atoms with Gasteiger partial charge in [0.25, 0.3) is 0 Å². The average molecular weight is 389 g/mol. The van der Waals surface area contributed by atoms with Crippen molar-refractivity contribution in [3.8, 4) is 0 Å². The third kappa shape index (κ3) is 15.5. The third-order valence-corrected chi connectivity index (χ3v) is 1.85. The molecule has 0 saturated heterocycles. The van der Waals surface area contributed by atoms with Crippen molar-refractivity contribution in [1.29, 1.82) is 0 Å². The smallest absolute Gasteiger partial charge is 1.00 e. The quantitative estimate of drug-likeness (QED) is 0.525. The fourth-order valence-corrected chi connectivity index (χ4v) is 1.11. The van der Waals surface area contributed by atoms with Gasteiger partial charge in [0.1, 0.15) is 0 Å². The Labute approximate surface area is 106 Å². The Morgan fingerprint density at radius 2 is 1.72 bits per heavy atom. The van der Waals surface area contributed by atoms with Crippen LogP contribution >= 0.6 is 0 Å². The van der Waals surface area contributed by atoms with Gasteiger partial charge in [-0.2, -0.15) is 0 Å². The zero-order valence-corrected chi connectivity index (χ0v) is 12.4. The summed E-state index contributed by atoms with van der Waals surface area (Å²) in [6.45, 7) is 8.06. The van der Waals surface area contributed by atoms with Gasteiger partial charge in [0.05, 0.1) is 6.67 Å². The number of halogens is 6. The first-order valence-electron chi connectivity index (χ1n) is 5.19. The van der Waals surface area contributed by atoms with Crippen molar-refractivity contribution in [1.82, 2.24) is 9.80 Å². The van der Waals surface area contributed by atoms with E-state index in [9.17, 15) is 16.9 Å². The minimum atomic E-state index is -11.2. The summed E-state index contributed by atoms with van der Waals surface area (Å²) in [5.74, 6) is 0. The minimum absolute atomic E-state index is 0. The Morgan fingerprint density at radius 1 is 1.22 bits per heavy atom. The monoisotopic (exact) mass is 388 g/mol. The van der Waals surface area contributed by atoms with Gasteiger partial charge in [0.2, 0.25) is 0 Å². The van der Waals surface area contributed by atoms with Crippen molar-refractivity contribution >= 4 is 19.5 Å². The van der Waals surface area contributed by atoms with Gasteiger partial charge in [-0.15, -0.1) is 0 Å². The van der Waals surface area contributed by atoms with Crippen LogP contribution in [0.15, 0.2) is 25.2 Å². The van der Waals surface area contributed by atoms with Crippen LogP contribution in [0.1, 0.15) is 21.2 Å². The first-order valence-corrected chi connectivity index (χ1v) is 11.0. The average Bonchev–Trinajstić information content (AvgIpc) is 2.57. The molecule has 0 N–H and O–H groups in total. The van der Waals surface area contributed by atoms with Gasteiger partial charge in [-0.1, -0.05) is 19.9 Å². The van der Waals surface area contributed by atoms with E-state index in [0.717, 1.165) is 13.2 Å². The Balaban J connectivity index is 0. The summed E-state index contributed by atoms with van der Waals surface area (Å²) in [6, 6.07) is 0. The molecule has 0 spiro atoms. The van der Waals surface area contributed by atoms with Crippen LogP contribution in [0.25, 0.3) is 0 Å². The fraction of sp³-hybridized carbons (Fsp3) is 0.556. The Morgan fingerprint density at radius 3 is 2.06 bits per heavy atom. The molecule has 0 unspecified atom stereocenters. The normalized spacial score (nSPS) is 18.8. The maximum absolute atomic E-state index is 11.2. The van der Waals surface area contributed by atoms with E-state index >= 15 is 0 Å². The van der Waals surface area contributed by atoms with E-state index < -0.39 is 19.5 Å². The molecule has 110 valence electrons. The fourth-order valence-electron chi connectivity index (χ4n) is 1.11. The summed E-state index contributed by atoms with van der Waals surface area (Å²) >= 11 is -11.2. The summed E-state index contributed by atoms with van der Waals surface area (Å²) in [4.78, 5) is 4.38. The molecule has 0 aliphatic carbocycles. The minimum Gasteiger partial charge on any atom is 1.00 e. The van der Waals surface area contributed by atoms with Crippen molar-refractivity contribution in [3.63, 3.8) is 0 Å². The molecular weight excluding hydrogens is 372 g/mol. The van der Waals surface area contributed by atoms with Crippen LogP contribution in [0.4, 0.5) is 16.9 Å². The third-order valence-electron chi connectivity index (χ3n) is 1.85. The van der Waals surface area contributed by atoms with E-state index in [1.165, 1.54) is 12.8 Å². The predicted molar refractivity (Wildman–Crippen MR) is 61.2 cm³/mol. The molecule has 0 aromatic carbocycles. The van der Waals surface area contributed by atoms with Gasteiger partial charge in [0.15, 0.2) is 0 Å². The molecular formula is C9H17F6N2Sb. The molecule has 1 aliphatic rings. The van der Waals surface area contributed by atoms with Crippen molar-refractivity contribution < 1.29 is 18.3 Å². The van der Waals surface area contributed by atoms with Crippen molar-refractivity contribution in [3.05, 3.63) is 25.2 Å². The second-order valence-corrected chi connectivity index (χ2v) is 9.23. The van der Waals surface area contributed by atoms with Crippen molar-refractivity contribution in [2.45, 2.75) is 19.8 Å². The molecule has 0 radical (unpaired) electrons. The molecule has 2 nitrogen and oxygen atoms in total. The summed E-state index contributed by atoms with van der Waals surface area (Å²) in [7, 11) is 0. The van der Waals surface area contributed by atoms with Crippen LogP contribution in [-0.2, 0) is 0 Å². The topological polar surface area (TPSA) is 6.48 Å². The number of hydrogen-bond acceptors (Lipinski definition) is 2. The number of hydrogen-bond donors (Lipinski definition) is 0. The molecule has 0 amide bonds. The van der Waals surface area contributed by atoms with E-state index in [2.05, 4.69) is 35.7 Å². The van der Waals surface area contributed by atoms with Crippen LogP contribution in [0.2, 0.25) is 0 Å². The standard InChI is InChI=1S/C9H16N2.6FH.Sb/c1-3-5-6-11-8-7-10(4-2)9-11;;;;;;;/h4,7-8H,2-3,5-6,9H2,1H3;6*1H;/q;;;;;;;+5/p-5. The van der Waals surface area contributed by atoms with E-state index in [4.69, 9.17) is 0 Å². The maximum Gasteiger partial charge on any atom is 1.00 e. The number of nitrogens with zero attached hydrogens (tertiary/aromatic N) is 2. The van der Waals surface area contributed by atoms with Crippen LogP contribution < -0.4 is 0 Å². The Kier molecular flexibility index (Phi) is 5.08. The molecule has 0 fully saturated rings. The van der Waals surface area contributed by atoms with Crippen LogP contribution in [-0.4, -0.2) is 42.5 Å². The van der Waals surface area contributed by atoms with Crippen molar-refractivity contribution in [2.75, 3.05) is 13.2 Å². The van der Waals surface area contributed by atoms with Crippen LogP contribution in [0.5, 0.6) is 0 Å². The second kappa shape index (κ2) is 5.23.